The van der Waals surface area contributed by atoms with E-state index in [2.05, 4.69) is 59.7 Å². The second-order valence-electron chi connectivity index (χ2n) is 15.2. The first-order chi connectivity index (χ1) is 30.4. The number of nitrogens with two attached hydrogens (primary N) is 2. The molecule has 3 fully saturated rings. The van der Waals surface area contributed by atoms with Crippen LogP contribution in [0.25, 0.3) is 22.3 Å². The van der Waals surface area contributed by atoms with Crippen LogP contribution < -0.4 is 16.8 Å². The van der Waals surface area contributed by atoms with Crippen LogP contribution in [0.4, 0.5) is 16.4 Å². The maximum absolute atomic E-state index is 14.1. The summed E-state index contributed by atoms with van der Waals surface area (Å²) < 4.78 is 77.5. The van der Waals surface area contributed by atoms with Gasteiger partial charge in [-0.25, -0.2) is 43.8 Å². The largest absolute Gasteiger partial charge is 0.508 e. The summed E-state index contributed by atoms with van der Waals surface area (Å²) in [5.74, 6) is 0.516. The number of imidazole rings is 2. The molecule has 3 aliphatic heterocycles. The summed E-state index contributed by atoms with van der Waals surface area (Å²) >= 11 is 8.43. The number of carbonyl (C=O) groups excluding carboxylic acids is 2. The van der Waals surface area contributed by atoms with Crippen molar-refractivity contribution >= 4 is 106 Å². The number of hydrogen-bond acceptors (Lipinski definition) is 24. The van der Waals surface area contributed by atoms with Crippen molar-refractivity contribution in [3.8, 4) is 0 Å². The quantitative estimate of drug-likeness (QED) is 0.0348. The number of nitrogen functional groups attached to an aromatic ring is 2. The number of aliphatic hydroxyl groups is 1. The second-order valence-corrected chi connectivity index (χ2v) is 24.1. The highest BCUT2D eigenvalue weighted by Gasteiger charge is 2.55. The van der Waals surface area contributed by atoms with Crippen LogP contribution in [0.3, 0.4) is 0 Å². The molecule has 0 unspecified atom stereocenters. The van der Waals surface area contributed by atoms with Crippen LogP contribution >= 0.6 is 59.7 Å². The first-order valence-corrected chi connectivity index (χ1v) is 27.3. The fourth-order valence-electron chi connectivity index (χ4n) is 6.88. The molecular formula is C33H48N12O13P2S4. The molecular weight excluding hydrogens is 963 g/mol. The molecule has 1 amide bonds. The third-order valence-corrected chi connectivity index (χ3v) is 16.7. The molecule has 0 aliphatic carbocycles. The van der Waals surface area contributed by atoms with Gasteiger partial charge in [-0.3, -0.25) is 32.0 Å². The minimum Gasteiger partial charge on any atom is -0.433 e. The molecule has 2 bridgehead atoms. The summed E-state index contributed by atoms with van der Waals surface area (Å²) in [4.78, 5) is 52.6. The fraction of sp³-hybridized carbons (Fsp3) is 0.636. The van der Waals surface area contributed by atoms with Gasteiger partial charge < -0.3 is 45.7 Å². The monoisotopic (exact) mass is 1010 g/mol. The van der Waals surface area contributed by atoms with Crippen LogP contribution in [0.15, 0.2) is 25.3 Å². The van der Waals surface area contributed by atoms with Gasteiger partial charge in [0.05, 0.1) is 25.9 Å². The number of amides is 1. The minimum atomic E-state index is -4.50. The zero-order valence-electron chi connectivity index (χ0n) is 34.7. The predicted molar refractivity (Wildman–Crippen MR) is 239 cm³/mol. The van der Waals surface area contributed by atoms with Crippen molar-refractivity contribution in [2.24, 2.45) is 0 Å². The summed E-state index contributed by atoms with van der Waals surface area (Å²) in [5, 5.41) is 14.4. The Morgan fingerprint density at radius 2 is 1.52 bits per heavy atom. The Hall–Kier alpha value is -3.02. The number of rotatable bonds is 14. The van der Waals surface area contributed by atoms with Gasteiger partial charge in [0, 0.05) is 37.1 Å². The highest BCUT2D eigenvalue weighted by atomic mass is 33.1. The molecule has 0 aromatic carbocycles. The van der Waals surface area contributed by atoms with E-state index in [0.29, 0.717) is 31.7 Å². The third-order valence-electron chi connectivity index (χ3n) is 10.2. The van der Waals surface area contributed by atoms with E-state index in [-0.39, 0.29) is 51.2 Å². The van der Waals surface area contributed by atoms with Gasteiger partial charge in [-0.15, -0.1) is 0 Å². The number of carbonyl (C=O) groups is 2. The lowest BCUT2D eigenvalue weighted by molar-refractivity contribution is -0.130. The van der Waals surface area contributed by atoms with Crippen LogP contribution in [0, 0.1) is 0 Å². The maximum Gasteiger partial charge on any atom is 0.508 e. The van der Waals surface area contributed by atoms with Gasteiger partial charge in [-0.05, 0) is 27.3 Å². The number of likely N-dealkylation sites (N-methyl/N-ethyl adjacent to an activating group) is 2. The van der Waals surface area contributed by atoms with E-state index < -0.39 is 82.0 Å². The molecule has 64 heavy (non-hydrogen) atoms. The average molecular weight is 1010 g/mol. The van der Waals surface area contributed by atoms with Crippen LogP contribution in [0.5, 0.6) is 0 Å². The van der Waals surface area contributed by atoms with E-state index in [1.165, 1.54) is 45.2 Å². The molecule has 7 heterocycles. The van der Waals surface area contributed by atoms with Crippen molar-refractivity contribution in [2.45, 2.75) is 80.5 Å². The summed E-state index contributed by atoms with van der Waals surface area (Å²) in [7, 11) is 6.60. The Kier molecular flexibility index (Phi) is 15.6. The third kappa shape index (κ3) is 11.4. The van der Waals surface area contributed by atoms with Crippen molar-refractivity contribution in [1.82, 2.24) is 49.3 Å². The van der Waals surface area contributed by atoms with E-state index in [9.17, 15) is 23.8 Å². The van der Waals surface area contributed by atoms with E-state index in [0.717, 1.165) is 0 Å². The van der Waals surface area contributed by atoms with Gasteiger partial charge in [-0.1, -0.05) is 46.1 Å². The van der Waals surface area contributed by atoms with E-state index >= 15 is 0 Å². The molecule has 10 atom stereocenters. The van der Waals surface area contributed by atoms with Gasteiger partial charge in [0.2, 0.25) is 5.91 Å². The van der Waals surface area contributed by atoms with Crippen LogP contribution in [0.2, 0.25) is 0 Å². The lowest BCUT2D eigenvalue weighted by atomic mass is 10.1. The Morgan fingerprint density at radius 3 is 2.14 bits per heavy atom. The summed E-state index contributed by atoms with van der Waals surface area (Å²) in [6.45, 7) is -4.94. The van der Waals surface area contributed by atoms with Crippen molar-refractivity contribution in [2.75, 3.05) is 64.2 Å². The van der Waals surface area contributed by atoms with Gasteiger partial charge in [0.1, 0.15) is 60.8 Å². The molecule has 0 saturated carbocycles. The van der Waals surface area contributed by atoms with E-state index in [4.69, 9.17) is 48.5 Å². The molecule has 25 nitrogen and oxygen atoms in total. The number of nitrogens with zero attached hydrogens (tertiary/aromatic N) is 9. The minimum absolute atomic E-state index is 0.0427. The second kappa shape index (κ2) is 20.5. The Morgan fingerprint density at radius 1 is 0.938 bits per heavy atom. The number of hydrogen-bond donors (Lipinski definition) is 6. The topological polar surface area (TPSA) is 317 Å². The smallest absolute Gasteiger partial charge is 0.433 e. The van der Waals surface area contributed by atoms with Crippen molar-refractivity contribution in [1.29, 1.82) is 0 Å². The molecule has 0 spiro atoms. The molecule has 4 aromatic heterocycles. The molecule has 6 N–H and O–H groups in total. The Bertz CT molecular complexity index is 2410. The van der Waals surface area contributed by atoms with Crippen molar-refractivity contribution < 1.29 is 60.9 Å². The maximum atomic E-state index is 14.1. The van der Waals surface area contributed by atoms with Crippen LogP contribution in [-0.2, 0) is 51.0 Å². The van der Waals surface area contributed by atoms with Gasteiger partial charge in [-0.2, -0.15) is 0 Å². The normalized spacial score (nSPS) is 30.0. The first-order valence-electron chi connectivity index (χ1n) is 19.6. The molecule has 3 saturated heterocycles. The van der Waals surface area contributed by atoms with Gasteiger partial charge >= 0.3 is 19.8 Å². The highest BCUT2D eigenvalue weighted by Crippen LogP contribution is 2.60. The summed E-state index contributed by atoms with van der Waals surface area (Å²) in [6.07, 6.45) is -6.47. The Balaban J connectivity index is 1.07. The Labute approximate surface area is 384 Å². The highest BCUT2D eigenvalue weighted by molar-refractivity contribution is 8.77. The molecule has 352 valence electrons. The van der Waals surface area contributed by atoms with Crippen LogP contribution in [-0.4, -0.2) is 155 Å². The standard InChI is InChI=1S/C33H48N12O13P2S4/c1-33(2,6-5-19(46)43(4)8-7-36-3)64-63-10-9-51-32(48)56-25-23-18(55-31(25)45-16-42-21-27(35)38-14-40-29(21)45)12-53-60(50,62)58-24-22(47)17(11-52-59(49,61)57-23)54-30(24)44-15-41-20-26(34)37-13-39-28(20)44/h13-18,22-25,30-31,36,47H,5-12H2,1-4H3,(H,49,61)(H,50,62)(H2,34,37,39)(H2,35,38,40)/t17-,18-,22-,23-,24-,25-,30-,31-,59-,60-/m1/s1. The lowest BCUT2D eigenvalue weighted by Crippen LogP contribution is -2.39. The van der Waals surface area contributed by atoms with Crippen LogP contribution in [0.1, 0.15) is 39.1 Å². The number of aromatic nitrogens is 8. The zero-order chi connectivity index (χ0) is 46.0. The molecule has 7 rings (SSSR count). The SMILES string of the molecule is CNCCN(C)C(=O)CCC(C)(C)SSCCOC(=O)O[C@@H]1[C@@H]2O[P@](=O)(S)OC[C@H]3O[C@@H](n4cnc5c(N)ncnc54)[C@H](O[P@](=O)(S)OC[C@H]2O[C@H]1n1cnc2c(N)ncnc21)[C@@H]3O. The number of fused-ring (bicyclic) bond motifs is 5. The van der Waals surface area contributed by atoms with Crippen molar-refractivity contribution in [3.05, 3.63) is 25.3 Å². The number of aliphatic hydroxyl groups excluding tert-OH is 1. The number of anilines is 2. The molecule has 3 aliphatic rings. The fourth-order valence-corrected chi connectivity index (χ4v) is 12.2. The van der Waals surface area contributed by atoms with Gasteiger partial charge in [0.25, 0.3) is 0 Å². The molecule has 0 radical (unpaired) electrons. The lowest BCUT2D eigenvalue weighted by Gasteiger charge is -2.27. The van der Waals surface area contributed by atoms with E-state index in [1.54, 1.807) is 22.7 Å². The van der Waals surface area contributed by atoms with Crippen molar-refractivity contribution in [3.63, 3.8) is 0 Å². The summed E-state index contributed by atoms with van der Waals surface area (Å²) in [6, 6.07) is 0. The number of thiol groups is 2. The first kappa shape index (κ1) is 48.9. The zero-order valence-corrected chi connectivity index (χ0v) is 39.9. The molecule has 31 heteroatoms. The molecule has 4 aromatic rings. The van der Waals surface area contributed by atoms with E-state index in [1.807, 2.05) is 20.9 Å². The summed E-state index contributed by atoms with van der Waals surface area (Å²) in [5.41, 5.74) is 12.8. The average Bonchev–Trinajstić information content (AvgIpc) is 4.02. The predicted octanol–water partition coefficient (Wildman–Crippen LogP) is 3.02. The number of ether oxygens (including phenoxy) is 4. The number of nitrogens with one attached hydrogen (secondary N) is 1. The van der Waals surface area contributed by atoms with Gasteiger partial charge in [0.15, 0.2) is 41.5 Å².